The van der Waals surface area contributed by atoms with Crippen molar-refractivity contribution in [1.82, 2.24) is 14.7 Å². The van der Waals surface area contributed by atoms with Gasteiger partial charge >= 0.3 is 0 Å². The van der Waals surface area contributed by atoms with Gasteiger partial charge in [-0.3, -0.25) is 9.48 Å². The van der Waals surface area contributed by atoms with Gasteiger partial charge in [0.1, 0.15) is 0 Å². The molecule has 1 heterocycles. The lowest BCUT2D eigenvalue weighted by molar-refractivity contribution is 0.0525. The van der Waals surface area contributed by atoms with E-state index >= 15 is 0 Å². The maximum absolute atomic E-state index is 12.6. The molecule has 1 amide bonds. The van der Waals surface area contributed by atoms with Crippen LogP contribution in [0.25, 0.3) is 0 Å². The normalized spacial score (nSPS) is 15.2. The van der Waals surface area contributed by atoms with Crippen LogP contribution in [-0.2, 0) is 6.54 Å². The molecule has 1 aliphatic rings. The maximum Gasteiger partial charge on any atom is 0.257 e. The van der Waals surface area contributed by atoms with E-state index in [2.05, 4.69) is 5.10 Å². The van der Waals surface area contributed by atoms with Gasteiger partial charge in [-0.1, -0.05) is 0 Å². The molecule has 0 spiro atoms. The Morgan fingerprint density at radius 2 is 2.35 bits per heavy atom. The van der Waals surface area contributed by atoms with E-state index in [4.69, 9.17) is 10.8 Å². The Bertz CT molecular complexity index is 454. The molecule has 0 atom stereocenters. The second-order valence-corrected chi connectivity index (χ2v) is 5.32. The number of amides is 1. The van der Waals surface area contributed by atoms with Crippen LogP contribution >= 0.6 is 0 Å². The predicted octanol–water partition coefficient (Wildman–Crippen LogP) is 0.527. The van der Waals surface area contributed by atoms with Crippen LogP contribution in [0, 0.1) is 6.92 Å². The first-order valence-electron chi connectivity index (χ1n) is 7.33. The first-order chi connectivity index (χ1) is 9.69. The summed E-state index contributed by atoms with van der Waals surface area (Å²) in [5, 5.41) is 13.4. The van der Waals surface area contributed by atoms with E-state index in [-0.39, 0.29) is 18.6 Å². The van der Waals surface area contributed by atoms with Crippen LogP contribution in [0.2, 0.25) is 0 Å². The fourth-order valence-corrected chi connectivity index (χ4v) is 2.53. The molecule has 20 heavy (non-hydrogen) atoms. The second-order valence-electron chi connectivity index (χ2n) is 5.32. The van der Waals surface area contributed by atoms with Gasteiger partial charge in [0.05, 0.1) is 18.4 Å². The van der Waals surface area contributed by atoms with E-state index in [9.17, 15) is 4.79 Å². The molecule has 0 bridgehead atoms. The molecule has 6 nitrogen and oxygen atoms in total. The molecule has 1 aliphatic carbocycles. The average Bonchev–Trinajstić information content (AvgIpc) is 2.74. The minimum Gasteiger partial charge on any atom is -0.395 e. The van der Waals surface area contributed by atoms with Crippen LogP contribution < -0.4 is 5.73 Å². The van der Waals surface area contributed by atoms with Gasteiger partial charge in [-0.15, -0.1) is 0 Å². The van der Waals surface area contributed by atoms with Crippen molar-refractivity contribution in [3.63, 3.8) is 0 Å². The van der Waals surface area contributed by atoms with Crippen LogP contribution in [-0.4, -0.2) is 51.4 Å². The van der Waals surface area contributed by atoms with Crippen molar-refractivity contribution in [2.45, 2.75) is 45.2 Å². The van der Waals surface area contributed by atoms with Crippen LogP contribution in [0.5, 0.6) is 0 Å². The predicted molar refractivity (Wildman–Crippen MR) is 76.4 cm³/mol. The van der Waals surface area contributed by atoms with E-state index in [1.165, 1.54) is 0 Å². The molecular weight excluding hydrogens is 256 g/mol. The summed E-state index contributed by atoms with van der Waals surface area (Å²) >= 11 is 0. The third kappa shape index (κ3) is 3.02. The summed E-state index contributed by atoms with van der Waals surface area (Å²) in [5.74, 6) is -0.0137. The van der Waals surface area contributed by atoms with Gasteiger partial charge in [-0.2, -0.15) is 5.10 Å². The van der Waals surface area contributed by atoms with Crippen LogP contribution in [0.1, 0.15) is 41.7 Å². The van der Waals surface area contributed by atoms with Gasteiger partial charge in [-0.25, -0.2) is 0 Å². The number of nitrogens with two attached hydrogens (primary N) is 1. The standard InChI is InChI=1S/C14H24N4O2/c1-11-13(10-16-18(11)7-3-6-15)14(20)17(8-9-19)12-4-2-5-12/h10,12,19H,2-9,15H2,1H3. The molecule has 6 heteroatoms. The van der Waals surface area contributed by atoms with Crippen molar-refractivity contribution < 1.29 is 9.90 Å². The molecule has 0 radical (unpaired) electrons. The minimum atomic E-state index is -0.0137. The molecule has 112 valence electrons. The van der Waals surface area contributed by atoms with Crippen LogP contribution in [0.4, 0.5) is 0 Å². The third-order valence-electron chi connectivity index (χ3n) is 4.02. The number of aliphatic hydroxyl groups excluding tert-OH is 1. The maximum atomic E-state index is 12.6. The van der Waals surface area contributed by atoms with Crippen molar-refractivity contribution >= 4 is 5.91 Å². The lowest BCUT2D eigenvalue weighted by Crippen LogP contribution is -2.45. The molecule has 3 N–H and O–H groups in total. The van der Waals surface area contributed by atoms with Crippen molar-refractivity contribution in [2.24, 2.45) is 5.73 Å². The van der Waals surface area contributed by atoms with E-state index < -0.39 is 0 Å². The summed E-state index contributed by atoms with van der Waals surface area (Å²) in [7, 11) is 0. The first kappa shape index (κ1) is 15.0. The molecule has 0 aromatic carbocycles. The van der Waals surface area contributed by atoms with E-state index in [0.29, 0.717) is 18.7 Å². The molecule has 1 fully saturated rings. The summed E-state index contributed by atoms with van der Waals surface area (Å²) in [5.41, 5.74) is 7.02. The summed E-state index contributed by atoms with van der Waals surface area (Å²) in [6, 6.07) is 0.279. The fourth-order valence-electron chi connectivity index (χ4n) is 2.53. The van der Waals surface area contributed by atoms with Gasteiger partial charge in [0.2, 0.25) is 0 Å². The van der Waals surface area contributed by atoms with Gasteiger partial charge in [-0.05, 0) is 39.2 Å². The van der Waals surface area contributed by atoms with Crippen LogP contribution in [0.15, 0.2) is 6.20 Å². The summed E-state index contributed by atoms with van der Waals surface area (Å²) in [6.07, 6.45) is 5.71. The van der Waals surface area contributed by atoms with Gasteiger partial charge in [0, 0.05) is 24.8 Å². The zero-order valence-electron chi connectivity index (χ0n) is 12.1. The molecule has 0 saturated heterocycles. The number of carbonyl (C=O) groups is 1. The summed E-state index contributed by atoms with van der Waals surface area (Å²) in [4.78, 5) is 14.4. The van der Waals surface area contributed by atoms with Crippen molar-refractivity contribution in [1.29, 1.82) is 0 Å². The number of nitrogens with zero attached hydrogens (tertiary/aromatic N) is 3. The van der Waals surface area contributed by atoms with E-state index in [0.717, 1.165) is 37.9 Å². The smallest absolute Gasteiger partial charge is 0.257 e. The number of aryl methyl sites for hydroxylation is 1. The highest BCUT2D eigenvalue weighted by Gasteiger charge is 2.30. The molecule has 1 aromatic heterocycles. The molecule has 0 aliphatic heterocycles. The Labute approximate surface area is 119 Å². The highest BCUT2D eigenvalue weighted by Crippen LogP contribution is 2.26. The Kier molecular flexibility index (Phi) is 5.14. The van der Waals surface area contributed by atoms with Gasteiger partial charge < -0.3 is 15.7 Å². The highest BCUT2D eigenvalue weighted by molar-refractivity contribution is 5.95. The lowest BCUT2D eigenvalue weighted by Gasteiger charge is -2.37. The lowest BCUT2D eigenvalue weighted by atomic mass is 9.91. The zero-order chi connectivity index (χ0) is 14.5. The number of carbonyl (C=O) groups excluding carboxylic acids is 1. The largest absolute Gasteiger partial charge is 0.395 e. The van der Waals surface area contributed by atoms with Crippen LogP contribution in [0.3, 0.4) is 0 Å². The number of aromatic nitrogens is 2. The SMILES string of the molecule is Cc1c(C(=O)N(CCO)C2CCC2)cnn1CCCN. The average molecular weight is 280 g/mol. The molecule has 2 rings (SSSR count). The Hall–Kier alpha value is -1.40. The topological polar surface area (TPSA) is 84.4 Å². The third-order valence-corrected chi connectivity index (χ3v) is 4.02. The van der Waals surface area contributed by atoms with Crippen molar-refractivity contribution in [3.05, 3.63) is 17.5 Å². The zero-order valence-corrected chi connectivity index (χ0v) is 12.1. The Morgan fingerprint density at radius 3 is 2.90 bits per heavy atom. The highest BCUT2D eigenvalue weighted by atomic mass is 16.3. The number of rotatable bonds is 7. The summed E-state index contributed by atoms with van der Waals surface area (Å²) in [6.45, 7) is 3.66. The van der Waals surface area contributed by atoms with Gasteiger partial charge in [0.25, 0.3) is 5.91 Å². The fraction of sp³-hybridized carbons (Fsp3) is 0.714. The van der Waals surface area contributed by atoms with E-state index in [1.807, 2.05) is 11.6 Å². The molecule has 1 saturated carbocycles. The minimum absolute atomic E-state index is 0.00258. The van der Waals surface area contributed by atoms with Crippen molar-refractivity contribution in [3.8, 4) is 0 Å². The Morgan fingerprint density at radius 1 is 1.60 bits per heavy atom. The van der Waals surface area contributed by atoms with Crippen molar-refractivity contribution in [2.75, 3.05) is 19.7 Å². The number of aliphatic hydroxyl groups is 1. The number of hydrogen-bond acceptors (Lipinski definition) is 4. The van der Waals surface area contributed by atoms with Gasteiger partial charge in [0.15, 0.2) is 0 Å². The quantitative estimate of drug-likeness (QED) is 0.763. The number of hydrogen-bond donors (Lipinski definition) is 2. The second kappa shape index (κ2) is 6.85. The summed E-state index contributed by atoms with van der Waals surface area (Å²) < 4.78 is 1.83. The Balaban J connectivity index is 2.12. The monoisotopic (exact) mass is 280 g/mol. The van der Waals surface area contributed by atoms with E-state index in [1.54, 1.807) is 11.1 Å². The first-order valence-corrected chi connectivity index (χ1v) is 7.33. The molecular formula is C14H24N4O2. The molecule has 1 aromatic rings. The molecule has 0 unspecified atom stereocenters.